The van der Waals surface area contributed by atoms with Crippen molar-refractivity contribution in [3.63, 3.8) is 0 Å². The van der Waals surface area contributed by atoms with E-state index in [2.05, 4.69) is 9.71 Å². The molecule has 0 spiro atoms. The first-order chi connectivity index (χ1) is 9.35. The predicted molar refractivity (Wildman–Crippen MR) is 77.5 cm³/mol. The van der Waals surface area contributed by atoms with E-state index in [9.17, 15) is 12.8 Å². The van der Waals surface area contributed by atoms with Crippen LogP contribution in [-0.2, 0) is 22.3 Å². The highest BCUT2D eigenvalue weighted by Gasteiger charge is 2.13. The molecular formula is C13H15FN2O2S2. The molecule has 0 amide bonds. The summed E-state index contributed by atoms with van der Waals surface area (Å²) in [5.41, 5.74) is 1.47. The number of rotatable bonds is 5. The molecule has 1 heterocycles. The quantitative estimate of drug-likeness (QED) is 0.922. The summed E-state index contributed by atoms with van der Waals surface area (Å²) in [6.07, 6.45) is 0. The Balaban J connectivity index is 1.99. The second-order valence-electron chi connectivity index (χ2n) is 4.46. The van der Waals surface area contributed by atoms with Crippen LogP contribution in [-0.4, -0.2) is 13.4 Å². The Labute approximate surface area is 121 Å². The van der Waals surface area contributed by atoms with Crippen LogP contribution in [0.5, 0.6) is 0 Å². The van der Waals surface area contributed by atoms with Gasteiger partial charge in [0.15, 0.2) is 0 Å². The largest absolute Gasteiger partial charge is 0.245 e. The second-order valence-corrected chi connectivity index (χ2v) is 7.55. The smallest absolute Gasteiger partial charge is 0.216 e. The van der Waals surface area contributed by atoms with Gasteiger partial charge < -0.3 is 0 Å². The molecule has 0 fully saturated rings. The maximum Gasteiger partial charge on any atom is 0.216 e. The van der Waals surface area contributed by atoms with Crippen molar-refractivity contribution in [1.29, 1.82) is 0 Å². The summed E-state index contributed by atoms with van der Waals surface area (Å²) in [4.78, 5) is 5.36. The Bertz CT molecular complexity index is 674. The Kier molecular flexibility index (Phi) is 4.52. The molecule has 4 nitrogen and oxygen atoms in total. The lowest BCUT2D eigenvalue weighted by atomic mass is 10.2. The Hall–Kier alpha value is -1.31. The van der Waals surface area contributed by atoms with E-state index in [1.807, 2.05) is 13.8 Å². The van der Waals surface area contributed by atoms with Crippen LogP contribution in [0.15, 0.2) is 24.3 Å². The third-order valence-corrected chi connectivity index (χ3v) is 5.16. The zero-order valence-corrected chi connectivity index (χ0v) is 12.8. The van der Waals surface area contributed by atoms with Gasteiger partial charge in [0.2, 0.25) is 10.0 Å². The highest BCUT2D eigenvalue weighted by Crippen LogP contribution is 2.16. The predicted octanol–water partition coefficient (Wildman–Crippen LogP) is 2.52. The molecule has 0 aliphatic rings. The lowest BCUT2D eigenvalue weighted by Gasteiger charge is -2.05. The number of thiazole rings is 1. The molecule has 0 aliphatic carbocycles. The molecule has 20 heavy (non-hydrogen) atoms. The molecule has 2 aromatic rings. The summed E-state index contributed by atoms with van der Waals surface area (Å²) in [6.45, 7) is 4.02. The maximum absolute atomic E-state index is 12.8. The van der Waals surface area contributed by atoms with Crippen molar-refractivity contribution < 1.29 is 12.8 Å². The number of aryl methyl sites for hydroxylation is 2. The van der Waals surface area contributed by atoms with Gasteiger partial charge in [-0.25, -0.2) is 22.5 Å². The van der Waals surface area contributed by atoms with E-state index >= 15 is 0 Å². The minimum absolute atomic E-state index is 0.170. The highest BCUT2D eigenvalue weighted by molar-refractivity contribution is 7.88. The number of nitrogens with one attached hydrogen (secondary N) is 1. The topological polar surface area (TPSA) is 59.1 Å². The van der Waals surface area contributed by atoms with Crippen LogP contribution in [0.25, 0.3) is 0 Å². The first kappa shape index (κ1) is 15.1. The summed E-state index contributed by atoms with van der Waals surface area (Å²) in [5.74, 6) is -0.552. The zero-order valence-electron chi connectivity index (χ0n) is 11.2. The van der Waals surface area contributed by atoms with Crippen LogP contribution in [0.4, 0.5) is 4.39 Å². The Morgan fingerprint density at radius 3 is 2.45 bits per heavy atom. The van der Waals surface area contributed by atoms with Crippen molar-refractivity contribution >= 4 is 21.4 Å². The fourth-order valence-electron chi connectivity index (χ4n) is 1.64. The molecule has 0 radical (unpaired) electrons. The molecule has 0 saturated carbocycles. The van der Waals surface area contributed by atoms with Crippen molar-refractivity contribution in [2.75, 3.05) is 0 Å². The molecule has 7 heteroatoms. The molecule has 0 saturated heterocycles. The summed E-state index contributed by atoms with van der Waals surface area (Å²) in [5, 5.41) is 0.739. The van der Waals surface area contributed by atoms with Gasteiger partial charge >= 0.3 is 0 Å². The van der Waals surface area contributed by atoms with Crippen molar-refractivity contribution in [2.24, 2.45) is 0 Å². The summed E-state index contributed by atoms with van der Waals surface area (Å²) < 4.78 is 39.1. The van der Waals surface area contributed by atoms with Crippen molar-refractivity contribution in [3.8, 4) is 0 Å². The number of aromatic nitrogens is 1. The van der Waals surface area contributed by atoms with Gasteiger partial charge in [-0.3, -0.25) is 0 Å². The van der Waals surface area contributed by atoms with Gasteiger partial charge in [0.25, 0.3) is 0 Å². The third kappa shape index (κ3) is 4.09. The summed E-state index contributed by atoms with van der Waals surface area (Å²) in [6, 6.07) is 5.43. The van der Waals surface area contributed by atoms with Crippen molar-refractivity contribution in [2.45, 2.75) is 26.1 Å². The minimum atomic E-state index is -3.46. The first-order valence-corrected chi connectivity index (χ1v) is 8.47. The summed E-state index contributed by atoms with van der Waals surface area (Å²) >= 11 is 1.48. The number of halogens is 1. The molecular weight excluding hydrogens is 299 g/mol. The number of nitrogens with zero attached hydrogens (tertiary/aromatic N) is 1. The third-order valence-electron chi connectivity index (χ3n) is 2.79. The van der Waals surface area contributed by atoms with Gasteiger partial charge in [-0.1, -0.05) is 12.1 Å². The SMILES string of the molecule is Cc1nc(CNS(=O)(=O)Cc2ccc(F)cc2)sc1C. The fraction of sp³-hybridized carbons (Fsp3) is 0.308. The van der Waals surface area contributed by atoms with Gasteiger partial charge in [-0.05, 0) is 31.5 Å². The lowest BCUT2D eigenvalue weighted by Crippen LogP contribution is -2.24. The minimum Gasteiger partial charge on any atom is -0.245 e. The average molecular weight is 314 g/mol. The maximum atomic E-state index is 12.8. The molecule has 1 aromatic carbocycles. The second kappa shape index (κ2) is 5.99. The van der Waals surface area contributed by atoms with Crippen molar-refractivity contribution in [1.82, 2.24) is 9.71 Å². The van der Waals surface area contributed by atoms with Crippen LogP contribution in [0.3, 0.4) is 0 Å². The number of benzene rings is 1. The monoisotopic (exact) mass is 314 g/mol. The average Bonchev–Trinajstić information content (AvgIpc) is 2.69. The Morgan fingerprint density at radius 1 is 1.25 bits per heavy atom. The van der Waals surface area contributed by atoms with Crippen molar-refractivity contribution in [3.05, 3.63) is 51.2 Å². The van der Waals surface area contributed by atoms with E-state index in [-0.39, 0.29) is 18.1 Å². The van der Waals surface area contributed by atoms with Gasteiger partial charge in [0, 0.05) is 4.88 Å². The molecule has 108 valence electrons. The fourth-order valence-corrected chi connectivity index (χ4v) is 3.69. The van der Waals surface area contributed by atoms with Gasteiger partial charge in [-0.2, -0.15) is 0 Å². The number of hydrogen-bond donors (Lipinski definition) is 1. The van der Waals surface area contributed by atoms with Crippen LogP contribution in [0.2, 0.25) is 0 Å². The van der Waals surface area contributed by atoms with Gasteiger partial charge in [0.1, 0.15) is 10.8 Å². The number of hydrogen-bond acceptors (Lipinski definition) is 4. The van der Waals surface area contributed by atoms with Crippen LogP contribution >= 0.6 is 11.3 Å². The normalized spacial score (nSPS) is 11.8. The molecule has 1 N–H and O–H groups in total. The van der Waals surface area contributed by atoms with Gasteiger partial charge in [-0.15, -0.1) is 11.3 Å². The van der Waals surface area contributed by atoms with E-state index in [4.69, 9.17) is 0 Å². The summed E-state index contributed by atoms with van der Waals surface area (Å²) in [7, 11) is -3.46. The Morgan fingerprint density at radius 2 is 1.90 bits per heavy atom. The highest BCUT2D eigenvalue weighted by atomic mass is 32.2. The molecule has 2 rings (SSSR count). The number of sulfonamides is 1. The van der Waals surface area contributed by atoms with E-state index in [0.29, 0.717) is 5.56 Å². The molecule has 0 aliphatic heterocycles. The first-order valence-electron chi connectivity index (χ1n) is 6.00. The van der Waals surface area contributed by atoms with E-state index in [0.717, 1.165) is 15.6 Å². The molecule has 0 atom stereocenters. The standard InChI is InChI=1S/C13H15FN2O2S2/c1-9-10(2)19-13(16-9)7-15-20(17,18)8-11-3-5-12(14)6-4-11/h3-6,15H,7-8H2,1-2H3. The van der Waals surface area contributed by atoms with Gasteiger partial charge in [0.05, 0.1) is 18.0 Å². The van der Waals surface area contributed by atoms with Crippen LogP contribution in [0.1, 0.15) is 21.1 Å². The van der Waals surface area contributed by atoms with E-state index in [1.54, 1.807) is 0 Å². The lowest BCUT2D eigenvalue weighted by molar-refractivity contribution is 0.580. The van der Waals surface area contributed by atoms with E-state index in [1.165, 1.54) is 35.6 Å². The van der Waals surface area contributed by atoms with Crippen LogP contribution < -0.4 is 4.72 Å². The zero-order chi connectivity index (χ0) is 14.8. The van der Waals surface area contributed by atoms with Crippen LogP contribution in [0, 0.1) is 19.7 Å². The molecule has 1 aromatic heterocycles. The van der Waals surface area contributed by atoms with E-state index < -0.39 is 10.0 Å². The molecule has 0 bridgehead atoms. The molecule has 0 unspecified atom stereocenters.